The molecule has 2 heterocycles. The monoisotopic (exact) mass is 526 g/mol. The lowest BCUT2D eigenvalue weighted by atomic mass is 10.1. The number of ether oxygens (including phenoxy) is 2. The third-order valence-electron chi connectivity index (χ3n) is 7.10. The summed E-state index contributed by atoms with van der Waals surface area (Å²) < 4.78 is 41.2. The molecule has 1 fully saturated rings. The van der Waals surface area contributed by atoms with E-state index in [2.05, 4.69) is 26.5 Å². The number of aromatic nitrogens is 4. The minimum absolute atomic E-state index is 0.00827. The first-order chi connectivity index (χ1) is 19.0. The Balaban J connectivity index is 1.33. The van der Waals surface area contributed by atoms with E-state index < -0.39 is 11.6 Å². The molecule has 2 unspecified atom stereocenters. The molecule has 0 aliphatic heterocycles. The van der Waals surface area contributed by atoms with Gasteiger partial charge in [-0.2, -0.15) is 9.78 Å². The van der Waals surface area contributed by atoms with Crippen molar-refractivity contribution < 1.29 is 18.3 Å². The van der Waals surface area contributed by atoms with Gasteiger partial charge in [0.25, 0.3) is 0 Å². The molecule has 8 nitrogen and oxygen atoms in total. The molecule has 39 heavy (non-hydrogen) atoms. The standard InChI is InChI=1S/C29H24F2N6O2/c1-38-21-8-7-18(25(13-21)39-2)15-33-29-35-27-23(11-20(30)12-24(27)31)28-34-26(36-37(28)29)10-19-9-22(19)17-5-3-16(14-32)4-6-17/h3-8,11-13,19,22H,9-10,15H2,1-2H3,(H,33,35). The van der Waals surface area contributed by atoms with Crippen LogP contribution >= 0.6 is 0 Å². The molecule has 2 aromatic heterocycles. The van der Waals surface area contributed by atoms with E-state index in [-0.39, 0.29) is 16.9 Å². The van der Waals surface area contributed by atoms with Crippen LogP contribution in [-0.4, -0.2) is 33.8 Å². The maximum atomic E-state index is 14.8. The number of fused-ring (bicyclic) bond motifs is 3. The van der Waals surface area contributed by atoms with E-state index in [4.69, 9.17) is 14.7 Å². The maximum absolute atomic E-state index is 14.8. The van der Waals surface area contributed by atoms with Gasteiger partial charge in [0.15, 0.2) is 17.3 Å². The Kier molecular flexibility index (Phi) is 6.19. The first kappa shape index (κ1) is 24.6. The average Bonchev–Trinajstić information content (AvgIpc) is 3.58. The van der Waals surface area contributed by atoms with Crippen LogP contribution in [-0.2, 0) is 13.0 Å². The molecule has 2 atom stereocenters. The van der Waals surface area contributed by atoms with Gasteiger partial charge in [0.05, 0.1) is 31.2 Å². The Hall–Kier alpha value is -4.78. The van der Waals surface area contributed by atoms with Crippen molar-refractivity contribution in [3.05, 3.63) is 88.7 Å². The van der Waals surface area contributed by atoms with Crippen molar-refractivity contribution in [2.45, 2.75) is 25.3 Å². The Bertz CT molecular complexity index is 1750. The lowest BCUT2D eigenvalue weighted by molar-refractivity contribution is 0.391. The van der Waals surface area contributed by atoms with Gasteiger partial charge in [0, 0.05) is 30.7 Å². The predicted molar refractivity (Wildman–Crippen MR) is 141 cm³/mol. The van der Waals surface area contributed by atoms with Crippen LogP contribution in [0.1, 0.15) is 34.9 Å². The molecule has 1 aliphatic rings. The van der Waals surface area contributed by atoms with Crippen LogP contribution in [0.5, 0.6) is 11.5 Å². The van der Waals surface area contributed by atoms with Gasteiger partial charge in [0.1, 0.15) is 22.8 Å². The molecule has 196 valence electrons. The highest BCUT2D eigenvalue weighted by Gasteiger charge is 2.39. The lowest BCUT2D eigenvalue weighted by Gasteiger charge is -2.13. The van der Waals surface area contributed by atoms with Crippen molar-refractivity contribution in [1.29, 1.82) is 5.26 Å². The Morgan fingerprint density at radius 3 is 2.62 bits per heavy atom. The van der Waals surface area contributed by atoms with E-state index in [1.807, 2.05) is 36.4 Å². The van der Waals surface area contributed by atoms with Gasteiger partial charge in [-0.25, -0.2) is 18.7 Å². The molecule has 1 saturated carbocycles. The van der Waals surface area contributed by atoms with Gasteiger partial charge < -0.3 is 14.8 Å². The molecule has 0 saturated heterocycles. The fourth-order valence-corrected chi connectivity index (χ4v) is 4.97. The zero-order chi connectivity index (χ0) is 27.1. The van der Waals surface area contributed by atoms with Crippen LogP contribution in [0, 0.1) is 28.9 Å². The summed E-state index contributed by atoms with van der Waals surface area (Å²) in [5.41, 5.74) is 2.97. The minimum Gasteiger partial charge on any atom is -0.497 e. The van der Waals surface area contributed by atoms with E-state index in [9.17, 15) is 8.78 Å². The normalized spacial score (nSPS) is 16.3. The number of anilines is 1. The van der Waals surface area contributed by atoms with Gasteiger partial charge in [0.2, 0.25) is 5.95 Å². The molecule has 0 bridgehead atoms. The van der Waals surface area contributed by atoms with Crippen LogP contribution in [0.4, 0.5) is 14.7 Å². The van der Waals surface area contributed by atoms with Crippen molar-refractivity contribution in [2.24, 2.45) is 5.92 Å². The number of halogens is 2. The Morgan fingerprint density at radius 2 is 1.87 bits per heavy atom. The number of hydrogen-bond acceptors (Lipinski definition) is 7. The largest absolute Gasteiger partial charge is 0.497 e. The zero-order valence-corrected chi connectivity index (χ0v) is 21.3. The van der Waals surface area contributed by atoms with Gasteiger partial charge >= 0.3 is 0 Å². The van der Waals surface area contributed by atoms with E-state index in [1.54, 1.807) is 20.3 Å². The molecule has 1 N–H and O–H groups in total. The first-order valence-electron chi connectivity index (χ1n) is 12.5. The minimum atomic E-state index is -0.773. The third kappa shape index (κ3) is 4.68. The second-order valence-electron chi connectivity index (χ2n) is 9.55. The fraction of sp³-hybridized carbons (Fsp3) is 0.241. The smallest absolute Gasteiger partial charge is 0.226 e. The molecule has 1 aliphatic carbocycles. The Morgan fingerprint density at radius 1 is 1.05 bits per heavy atom. The van der Waals surface area contributed by atoms with Gasteiger partial charge in [-0.15, -0.1) is 5.10 Å². The number of rotatable bonds is 8. The summed E-state index contributed by atoms with van der Waals surface area (Å²) in [5.74, 6) is 1.34. The first-order valence-corrected chi connectivity index (χ1v) is 12.5. The second kappa shape index (κ2) is 9.83. The molecule has 10 heteroatoms. The van der Waals surface area contributed by atoms with Crippen molar-refractivity contribution >= 4 is 22.5 Å². The van der Waals surface area contributed by atoms with Gasteiger partial charge in [-0.3, -0.25) is 0 Å². The maximum Gasteiger partial charge on any atom is 0.226 e. The molecular formula is C29H24F2N6O2. The highest BCUT2D eigenvalue weighted by Crippen LogP contribution is 2.49. The third-order valence-corrected chi connectivity index (χ3v) is 7.10. The zero-order valence-electron chi connectivity index (χ0n) is 21.3. The summed E-state index contributed by atoms with van der Waals surface area (Å²) in [6.45, 7) is 0.308. The highest BCUT2D eigenvalue weighted by atomic mass is 19.1. The highest BCUT2D eigenvalue weighted by molar-refractivity contribution is 5.92. The summed E-state index contributed by atoms with van der Waals surface area (Å²) >= 11 is 0. The van der Waals surface area contributed by atoms with Crippen LogP contribution < -0.4 is 14.8 Å². The summed E-state index contributed by atoms with van der Waals surface area (Å²) in [6.07, 6.45) is 1.59. The SMILES string of the molecule is COc1ccc(CNc2nc3c(F)cc(F)cc3c3nc(CC4CC4c4ccc(C#N)cc4)nn23)c(OC)c1. The number of nitrogens with zero attached hydrogens (tertiary/aromatic N) is 5. The molecule has 0 spiro atoms. The van der Waals surface area contributed by atoms with Gasteiger partial charge in [-0.05, 0) is 54.2 Å². The number of hydrogen-bond donors (Lipinski definition) is 1. The van der Waals surface area contributed by atoms with Crippen molar-refractivity contribution in [2.75, 3.05) is 19.5 Å². The summed E-state index contributed by atoms with van der Waals surface area (Å²) in [6, 6.07) is 17.3. The molecular weight excluding hydrogens is 502 g/mol. The Labute approximate surface area is 222 Å². The molecule has 0 radical (unpaired) electrons. The number of nitrogens with one attached hydrogen (secondary N) is 1. The van der Waals surface area contributed by atoms with E-state index >= 15 is 0 Å². The van der Waals surface area contributed by atoms with Crippen molar-refractivity contribution in [3.8, 4) is 17.6 Å². The van der Waals surface area contributed by atoms with Crippen molar-refractivity contribution in [1.82, 2.24) is 19.6 Å². The van der Waals surface area contributed by atoms with Crippen molar-refractivity contribution in [3.63, 3.8) is 0 Å². The fourth-order valence-electron chi connectivity index (χ4n) is 4.97. The molecule has 6 rings (SSSR count). The van der Waals surface area contributed by atoms with Gasteiger partial charge in [-0.1, -0.05) is 12.1 Å². The number of benzene rings is 3. The quantitative estimate of drug-likeness (QED) is 0.289. The summed E-state index contributed by atoms with van der Waals surface area (Å²) in [7, 11) is 3.15. The van der Waals surface area contributed by atoms with Crippen LogP contribution in [0.15, 0.2) is 54.6 Å². The van der Waals surface area contributed by atoms with Crippen LogP contribution in [0.3, 0.4) is 0 Å². The van der Waals surface area contributed by atoms with E-state index in [0.29, 0.717) is 53.3 Å². The second-order valence-corrected chi connectivity index (χ2v) is 9.55. The molecule has 5 aromatic rings. The van der Waals surface area contributed by atoms with E-state index in [0.717, 1.165) is 18.1 Å². The lowest BCUT2D eigenvalue weighted by Crippen LogP contribution is -2.09. The molecule has 0 amide bonds. The number of methoxy groups -OCH3 is 2. The van der Waals surface area contributed by atoms with E-state index in [1.165, 1.54) is 16.1 Å². The van der Waals surface area contributed by atoms with Crippen LogP contribution in [0.25, 0.3) is 16.6 Å². The van der Waals surface area contributed by atoms with Crippen LogP contribution in [0.2, 0.25) is 0 Å². The number of nitriles is 1. The summed E-state index contributed by atoms with van der Waals surface area (Å²) in [5, 5.41) is 17.2. The average molecular weight is 527 g/mol. The molecule has 3 aromatic carbocycles. The summed E-state index contributed by atoms with van der Waals surface area (Å²) in [4.78, 5) is 9.14. The predicted octanol–water partition coefficient (Wildman–Crippen LogP) is 5.40. The topological polar surface area (TPSA) is 97.4 Å².